The van der Waals surface area contributed by atoms with Crippen LogP contribution in [0.1, 0.15) is 29.7 Å². The van der Waals surface area contributed by atoms with Gasteiger partial charge in [-0.3, -0.25) is 9.69 Å². The molecule has 0 saturated carbocycles. The number of anilines is 1. The summed E-state index contributed by atoms with van der Waals surface area (Å²) in [6, 6.07) is 7.99. The third kappa shape index (κ3) is 5.47. The van der Waals surface area contributed by atoms with Crippen LogP contribution in [0, 0.1) is 22.7 Å². The molecule has 2 aromatic carbocycles. The van der Waals surface area contributed by atoms with E-state index in [1.165, 1.54) is 19.1 Å². The van der Waals surface area contributed by atoms with E-state index in [-0.39, 0.29) is 28.1 Å². The second-order valence-electron chi connectivity index (χ2n) is 7.94. The molecule has 3 amide bonds. The first-order chi connectivity index (χ1) is 17.5. The van der Waals surface area contributed by atoms with Gasteiger partial charge < -0.3 is 5.32 Å². The minimum absolute atomic E-state index is 0.123. The number of halogens is 6. The van der Waals surface area contributed by atoms with E-state index in [1.54, 1.807) is 12.1 Å². The molecular weight excluding hydrogens is 540 g/mol. The Morgan fingerprint density at radius 2 is 1.74 bits per heavy atom. The topological polar surface area (TPSA) is 126 Å². The standard InChI is InChI=1S/C23H15F6N5O3S/c1-12-17(11-31)19(32-21(36)34(12)15-5-3-4-14(9-15)22(24,25)26)16-7-6-13(10-30)8-18(16)38(2,37)33-20(35)23(27,28)29/h3-9,19H,1-2H3,(H,32,36)/t19-,38+/m1/s1. The lowest BCUT2D eigenvalue weighted by Gasteiger charge is -2.35. The second-order valence-corrected chi connectivity index (χ2v) is 10.2. The van der Waals surface area contributed by atoms with Gasteiger partial charge in [0, 0.05) is 12.0 Å². The summed E-state index contributed by atoms with van der Waals surface area (Å²) in [6.07, 6.45) is -9.44. The molecule has 0 unspecified atom stereocenters. The number of allylic oxidation sites excluding steroid dienone is 1. The molecule has 0 radical (unpaired) electrons. The molecular formula is C23H15F6N5O3S. The van der Waals surface area contributed by atoms with E-state index in [1.807, 2.05) is 0 Å². The van der Waals surface area contributed by atoms with Crippen LogP contribution in [0.5, 0.6) is 0 Å². The van der Waals surface area contributed by atoms with Crippen LogP contribution in [0.4, 0.5) is 36.8 Å². The summed E-state index contributed by atoms with van der Waals surface area (Å²) < 4.78 is 94.1. The van der Waals surface area contributed by atoms with Crippen LogP contribution < -0.4 is 10.2 Å². The molecule has 0 aliphatic carbocycles. The van der Waals surface area contributed by atoms with Gasteiger partial charge in [0.05, 0.1) is 55.2 Å². The van der Waals surface area contributed by atoms with Crippen molar-refractivity contribution in [2.24, 2.45) is 4.36 Å². The highest BCUT2D eigenvalue weighted by Gasteiger charge is 2.41. The van der Waals surface area contributed by atoms with Gasteiger partial charge in [-0.15, -0.1) is 4.36 Å². The Morgan fingerprint density at radius 1 is 1.08 bits per heavy atom. The molecule has 2 aromatic rings. The molecule has 1 N–H and O–H groups in total. The van der Waals surface area contributed by atoms with E-state index in [2.05, 4.69) is 9.68 Å². The van der Waals surface area contributed by atoms with Gasteiger partial charge in [0.15, 0.2) is 0 Å². The minimum Gasteiger partial charge on any atom is -0.326 e. The number of nitrogens with zero attached hydrogens (tertiary/aromatic N) is 4. The third-order valence-electron chi connectivity index (χ3n) is 5.40. The molecule has 8 nitrogen and oxygen atoms in total. The number of nitrogens with one attached hydrogen (secondary N) is 1. The fraction of sp³-hybridized carbons (Fsp3) is 0.217. The van der Waals surface area contributed by atoms with Crippen LogP contribution >= 0.6 is 0 Å². The number of hydrogen-bond donors (Lipinski definition) is 1. The smallest absolute Gasteiger partial charge is 0.326 e. The molecule has 0 saturated heterocycles. The van der Waals surface area contributed by atoms with Gasteiger partial charge in [0.1, 0.15) is 0 Å². The normalized spacial score (nSPS) is 17.7. The number of nitriles is 2. The van der Waals surface area contributed by atoms with Crippen molar-refractivity contribution in [2.45, 2.75) is 30.2 Å². The molecule has 38 heavy (non-hydrogen) atoms. The predicted octanol–water partition coefficient (Wildman–Crippen LogP) is 5.19. The number of hydrogen-bond acceptors (Lipinski definition) is 5. The maximum absolute atomic E-state index is 13.2. The average Bonchev–Trinajstić information content (AvgIpc) is 2.82. The Kier molecular flexibility index (Phi) is 7.30. The van der Waals surface area contributed by atoms with Crippen LogP contribution in [0.2, 0.25) is 0 Å². The zero-order chi connectivity index (χ0) is 28.6. The van der Waals surface area contributed by atoms with Crippen LogP contribution in [0.15, 0.2) is 63.0 Å². The zero-order valence-corrected chi connectivity index (χ0v) is 20.1. The Hall–Kier alpha value is -4.37. The van der Waals surface area contributed by atoms with Crippen molar-refractivity contribution in [3.63, 3.8) is 0 Å². The summed E-state index contributed by atoms with van der Waals surface area (Å²) in [5.41, 5.74) is -2.05. The maximum Gasteiger partial charge on any atom is 0.474 e. The van der Waals surface area contributed by atoms with Crippen molar-refractivity contribution < 1.29 is 40.1 Å². The third-order valence-corrected chi connectivity index (χ3v) is 7.08. The SMILES string of the molecule is CC1=C(C#N)[C@@H](c2ccc(C#N)cc2[S@](C)(=O)=NC(=O)C(F)(F)F)NC(=O)N1c1cccc(C(F)(F)F)c1. The lowest BCUT2D eigenvalue weighted by molar-refractivity contribution is -0.169. The predicted molar refractivity (Wildman–Crippen MR) is 120 cm³/mol. The first kappa shape index (κ1) is 28.2. The van der Waals surface area contributed by atoms with Crippen molar-refractivity contribution in [1.82, 2.24) is 5.32 Å². The fourth-order valence-electron chi connectivity index (χ4n) is 3.68. The van der Waals surface area contributed by atoms with Gasteiger partial charge >= 0.3 is 24.3 Å². The molecule has 1 heterocycles. The van der Waals surface area contributed by atoms with Crippen molar-refractivity contribution in [1.29, 1.82) is 10.5 Å². The van der Waals surface area contributed by atoms with Crippen LogP contribution in [0.3, 0.4) is 0 Å². The molecule has 0 aromatic heterocycles. The summed E-state index contributed by atoms with van der Waals surface area (Å²) in [5, 5.41) is 21.5. The number of urea groups is 1. The molecule has 3 rings (SSSR count). The van der Waals surface area contributed by atoms with Gasteiger partial charge in [-0.05, 0) is 42.8 Å². The summed E-state index contributed by atoms with van der Waals surface area (Å²) in [6.45, 7) is 1.26. The van der Waals surface area contributed by atoms with E-state index in [0.29, 0.717) is 6.07 Å². The summed E-state index contributed by atoms with van der Waals surface area (Å²) in [7, 11) is -4.18. The molecule has 198 valence electrons. The van der Waals surface area contributed by atoms with E-state index < -0.39 is 50.5 Å². The Morgan fingerprint density at radius 3 is 2.29 bits per heavy atom. The van der Waals surface area contributed by atoms with Crippen LogP contribution in [0.25, 0.3) is 0 Å². The molecule has 15 heteroatoms. The van der Waals surface area contributed by atoms with Crippen LogP contribution in [-0.4, -0.2) is 28.6 Å². The summed E-state index contributed by atoms with van der Waals surface area (Å²) >= 11 is 0. The van der Waals surface area contributed by atoms with Gasteiger partial charge in [-0.2, -0.15) is 36.9 Å². The van der Waals surface area contributed by atoms with Gasteiger partial charge in [-0.1, -0.05) is 12.1 Å². The van der Waals surface area contributed by atoms with E-state index in [9.17, 15) is 50.7 Å². The molecule has 0 spiro atoms. The number of carbonyl (C=O) groups excluding carboxylic acids is 2. The molecule has 0 fully saturated rings. The van der Waals surface area contributed by atoms with Crippen molar-refractivity contribution in [3.8, 4) is 12.1 Å². The molecule has 2 atom stereocenters. The minimum atomic E-state index is -5.44. The number of amides is 3. The highest BCUT2D eigenvalue weighted by atomic mass is 32.2. The lowest BCUT2D eigenvalue weighted by Crippen LogP contribution is -2.46. The maximum atomic E-state index is 13.2. The van der Waals surface area contributed by atoms with E-state index in [4.69, 9.17) is 0 Å². The van der Waals surface area contributed by atoms with E-state index in [0.717, 1.165) is 35.4 Å². The number of rotatable bonds is 3. The number of benzene rings is 2. The fourth-order valence-corrected chi connectivity index (χ4v) is 5.17. The van der Waals surface area contributed by atoms with Crippen molar-refractivity contribution in [3.05, 3.63) is 70.4 Å². The van der Waals surface area contributed by atoms with Crippen molar-refractivity contribution in [2.75, 3.05) is 11.2 Å². The van der Waals surface area contributed by atoms with Gasteiger partial charge in [-0.25, -0.2) is 9.00 Å². The largest absolute Gasteiger partial charge is 0.474 e. The van der Waals surface area contributed by atoms with Crippen molar-refractivity contribution >= 4 is 27.4 Å². The average molecular weight is 555 g/mol. The summed E-state index contributed by atoms with van der Waals surface area (Å²) in [5.74, 6) is -2.64. The monoisotopic (exact) mass is 555 g/mol. The number of carbonyl (C=O) groups is 2. The molecule has 0 bridgehead atoms. The Bertz CT molecular complexity index is 1570. The quantitative estimate of drug-likeness (QED) is 0.522. The lowest BCUT2D eigenvalue weighted by atomic mass is 9.94. The Labute approximate surface area is 211 Å². The summed E-state index contributed by atoms with van der Waals surface area (Å²) in [4.78, 5) is 24.8. The van der Waals surface area contributed by atoms with Gasteiger partial charge in [0.25, 0.3) is 0 Å². The first-order valence-corrected chi connectivity index (χ1v) is 12.2. The second kappa shape index (κ2) is 9.83. The highest BCUT2D eigenvalue weighted by molar-refractivity contribution is 7.93. The number of alkyl halides is 6. The molecule has 1 aliphatic rings. The zero-order valence-electron chi connectivity index (χ0n) is 19.3. The first-order valence-electron chi connectivity index (χ1n) is 10.3. The van der Waals surface area contributed by atoms with Crippen LogP contribution in [-0.2, 0) is 20.7 Å². The highest BCUT2D eigenvalue weighted by Crippen LogP contribution is 2.38. The van der Waals surface area contributed by atoms with E-state index >= 15 is 0 Å². The Balaban J connectivity index is 2.23. The molecule has 1 aliphatic heterocycles. The van der Waals surface area contributed by atoms with Gasteiger partial charge in [0.2, 0.25) is 0 Å².